The van der Waals surface area contributed by atoms with Gasteiger partial charge in [-0.3, -0.25) is 19.7 Å². The van der Waals surface area contributed by atoms with Gasteiger partial charge in [-0.15, -0.1) is 0 Å². The van der Waals surface area contributed by atoms with Crippen molar-refractivity contribution >= 4 is 34.8 Å². The molecule has 1 N–H and O–H groups in total. The van der Waals surface area contributed by atoms with Gasteiger partial charge in [0.25, 0.3) is 5.69 Å². The Morgan fingerprint density at radius 3 is 2.91 bits per heavy atom. The Morgan fingerprint density at radius 2 is 2.26 bits per heavy atom. The molecule has 8 heteroatoms. The summed E-state index contributed by atoms with van der Waals surface area (Å²) in [6.07, 6.45) is 2.06. The van der Waals surface area contributed by atoms with Crippen LogP contribution >= 0.6 is 11.6 Å². The van der Waals surface area contributed by atoms with E-state index in [1.165, 1.54) is 18.2 Å². The molecule has 1 aromatic rings. The number of hydrogen-bond donors (Lipinski definition) is 1. The highest BCUT2D eigenvalue weighted by molar-refractivity contribution is 6.32. The lowest BCUT2D eigenvalue weighted by atomic mass is 10.1. The van der Waals surface area contributed by atoms with E-state index in [0.29, 0.717) is 18.8 Å². The second-order valence-corrected chi connectivity index (χ2v) is 5.91. The van der Waals surface area contributed by atoms with Crippen molar-refractivity contribution in [3.63, 3.8) is 0 Å². The number of anilines is 1. The normalized spacial score (nSPS) is 17.4. The molecule has 1 heterocycles. The van der Waals surface area contributed by atoms with Crippen LogP contribution in [0.5, 0.6) is 0 Å². The van der Waals surface area contributed by atoms with Gasteiger partial charge in [0.05, 0.1) is 10.8 Å². The molecule has 0 aliphatic carbocycles. The highest BCUT2D eigenvalue weighted by Crippen LogP contribution is 2.28. The first-order chi connectivity index (χ1) is 10.9. The van der Waals surface area contributed by atoms with E-state index in [1.807, 2.05) is 6.92 Å². The second-order valence-electron chi connectivity index (χ2n) is 5.51. The number of carbonyl (C=O) groups is 2. The molecule has 0 bridgehead atoms. The number of carbonyl (C=O) groups excluding carboxylic acids is 2. The Morgan fingerprint density at radius 1 is 1.52 bits per heavy atom. The highest BCUT2D eigenvalue weighted by Gasteiger charge is 2.34. The number of amides is 2. The summed E-state index contributed by atoms with van der Waals surface area (Å²) in [6, 6.07) is 4.08. The first-order valence-electron chi connectivity index (χ1n) is 7.45. The molecule has 2 amide bonds. The van der Waals surface area contributed by atoms with Crippen LogP contribution in [0.2, 0.25) is 5.02 Å². The van der Waals surface area contributed by atoms with Crippen molar-refractivity contribution in [3.8, 4) is 0 Å². The lowest BCUT2D eigenvalue weighted by Gasteiger charge is -2.16. The Labute approximate surface area is 138 Å². The maximum atomic E-state index is 12.3. The zero-order valence-electron chi connectivity index (χ0n) is 12.8. The van der Waals surface area contributed by atoms with Gasteiger partial charge in [-0.2, -0.15) is 0 Å². The van der Waals surface area contributed by atoms with Crippen molar-refractivity contribution in [1.82, 2.24) is 4.90 Å². The largest absolute Gasteiger partial charge is 0.342 e. The molecular formula is C15H18ClN3O4. The van der Waals surface area contributed by atoms with E-state index >= 15 is 0 Å². The fraction of sp³-hybridized carbons (Fsp3) is 0.467. The molecule has 23 heavy (non-hydrogen) atoms. The molecule has 2 rings (SSSR count). The molecule has 1 atom stereocenters. The number of halogens is 1. The summed E-state index contributed by atoms with van der Waals surface area (Å²) in [5, 5.41) is 13.5. The lowest BCUT2D eigenvalue weighted by molar-refractivity contribution is -0.384. The van der Waals surface area contributed by atoms with Gasteiger partial charge in [0, 0.05) is 31.3 Å². The minimum absolute atomic E-state index is 0.00906. The van der Waals surface area contributed by atoms with Crippen molar-refractivity contribution in [2.45, 2.75) is 26.2 Å². The van der Waals surface area contributed by atoms with Gasteiger partial charge in [0.1, 0.15) is 5.02 Å². The maximum absolute atomic E-state index is 12.3. The Hall–Kier alpha value is -2.15. The number of nitrogens with one attached hydrogen (secondary N) is 1. The molecule has 1 saturated heterocycles. The average molecular weight is 340 g/mol. The Bertz CT molecular complexity index is 635. The van der Waals surface area contributed by atoms with E-state index in [9.17, 15) is 19.7 Å². The van der Waals surface area contributed by atoms with Crippen LogP contribution in [0.4, 0.5) is 11.4 Å². The van der Waals surface area contributed by atoms with E-state index < -0.39 is 10.8 Å². The molecule has 1 unspecified atom stereocenters. The summed E-state index contributed by atoms with van der Waals surface area (Å²) in [4.78, 5) is 36.1. The molecule has 0 saturated carbocycles. The average Bonchev–Trinajstić information content (AvgIpc) is 2.88. The Balaban J connectivity index is 2.01. The van der Waals surface area contributed by atoms with Gasteiger partial charge in [-0.1, -0.05) is 24.9 Å². The van der Waals surface area contributed by atoms with E-state index in [-0.39, 0.29) is 28.9 Å². The highest BCUT2D eigenvalue weighted by atomic mass is 35.5. The second kappa shape index (κ2) is 7.41. The number of hydrogen-bond acceptors (Lipinski definition) is 4. The van der Waals surface area contributed by atoms with Gasteiger partial charge in [-0.25, -0.2) is 0 Å². The smallest absolute Gasteiger partial charge is 0.289 e. The summed E-state index contributed by atoms with van der Waals surface area (Å²) < 4.78 is 0. The molecule has 0 spiro atoms. The minimum Gasteiger partial charge on any atom is -0.342 e. The van der Waals surface area contributed by atoms with Crippen LogP contribution in [0, 0.1) is 16.0 Å². The standard InChI is InChI=1S/C15H18ClN3O4/c1-2-3-6-18-9-10(7-14(18)20)15(21)17-11-4-5-12(16)13(8-11)19(22)23/h4-5,8,10H,2-3,6-7,9H2,1H3,(H,17,21). The van der Waals surface area contributed by atoms with Crippen LogP contribution in [-0.4, -0.2) is 34.7 Å². The predicted octanol–water partition coefficient (Wildman–Crippen LogP) is 2.84. The van der Waals surface area contributed by atoms with Gasteiger partial charge < -0.3 is 10.2 Å². The summed E-state index contributed by atoms with van der Waals surface area (Å²) >= 11 is 5.74. The van der Waals surface area contributed by atoms with Crippen molar-refractivity contribution in [3.05, 3.63) is 33.3 Å². The van der Waals surface area contributed by atoms with Gasteiger partial charge in [0.2, 0.25) is 11.8 Å². The number of likely N-dealkylation sites (tertiary alicyclic amines) is 1. The van der Waals surface area contributed by atoms with Gasteiger partial charge in [0.15, 0.2) is 0 Å². The van der Waals surface area contributed by atoms with Crippen LogP contribution in [0.1, 0.15) is 26.2 Å². The Kier molecular flexibility index (Phi) is 5.54. The molecule has 0 aromatic heterocycles. The predicted molar refractivity (Wildman–Crippen MR) is 86.3 cm³/mol. The molecule has 1 aliphatic rings. The summed E-state index contributed by atoms with van der Waals surface area (Å²) in [5.41, 5.74) is 0.0297. The molecule has 1 aliphatic heterocycles. The minimum atomic E-state index is -0.608. The SMILES string of the molecule is CCCCN1CC(C(=O)Nc2ccc(Cl)c([N+](=O)[O-])c2)CC1=O. The summed E-state index contributed by atoms with van der Waals surface area (Å²) in [7, 11) is 0. The van der Waals surface area contributed by atoms with Crippen LogP contribution in [0.25, 0.3) is 0 Å². The van der Waals surface area contributed by atoms with Crippen LogP contribution < -0.4 is 5.32 Å². The number of nitro benzene ring substituents is 1. The molecular weight excluding hydrogens is 322 g/mol. The quantitative estimate of drug-likeness (QED) is 0.637. The number of rotatable bonds is 6. The number of unbranched alkanes of at least 4 members (excludes halogenated alkanes) is 1. The maximum Gasteiger partial charge on any atom is 0.289 e. The molecule has 124 valence electrons. The fourth-order valence-corrected chi connectivity index (χ4v) is 2.67. The van der Waals surface area contributed by atoms with Crippen LogP contribution in [0.3, 0.4) is 0 Å². The third kappa shape index (κ3) is 4.19. The zero-order valence-corrected chi connectivity index (χ0v) is 13.5. The topological polar surface area (TPSA) is 92.6 Å². The zero-order chi connectivity index (χ0) is 17.0. The van der Waals surface area contributed by atoms with E-state index in [0.717, 1.165) is 12.8 Å². The van der Waals surface area contributed by atoms with Gasteiger partial charge >= 0.3 is 0 Å². The van der Waals surface area contributed by atoms with Crippen LogP contribution in [-0.2, 0) is 9.59 Å². The number of nitrogens with zero attached hydrogens (tertiary/aromatic N) is 2. The molecule has 0 radical (unpaired) electrons. The third-order valence-electron chi connectivity index (χ3n) is 3.78. The first kappa shape index (κ1) is 17.2. The fourth-order valence-electron chi connectivity index (χ4n) is 2.49. The molecule has 7 nitrogen and oxygen atoms in total. The van der Waals surface area contributed by atoms with Crippen molar-refractivity contribution < 1.29 is 14.5 Å². The van der Waals surface area contributed by atoms with E-state index in [4.69, 9.17) is 11.6 Å². The number of benzene rings is 1. The monoisotopic (exact) mass is 339 g/mol. The van der Waals surface area contributed by atoms with Crippen molar-refractivity contribution in [2.75, 3.05) is 18.4 Å². The summed E-state index contributed by atoms with van der Waals surface area (Å²) in [5.74, 6) is -0.774. The summed E-state index contributed by atoms with van der Waals surface area (Å²) in [6.45, 7) is 3.09. The number of nitro groups is 1. The molecule has 1 aromatic carbocycles. The van der Waals surface area contributed by atoms with E-state index in [1.54, 1.807) is 4.90 Å². The first-order valence-corrected chi connectivity index (χ1v) is 7.82. The third-order valence-corrected chi connectivity index (χ3v) is 4.10. The lowest BCUT2D eigenvalue weighted by Crippen LogP contribution is -2.29. The van der Waals surface area contributed by atoms with E-state index in [2.05, 4.69) is 5.32 Å². The van der Waals surface area contributed by atoms with Crippen molar-refractivity contribution in [1.29, 1.82) is 0 Å². The van der Waals surface area contributed by atoms with Gasteiger partial charge in [-0.05, 0) is 18.6 Å². The molecule has 1 fully saturated rings. The van der Waals surface area contributed by atoms with Crippen LogP contribution in [0.15, 0.2) is 18.2 Å². The van der Waals surface area contributed by atoms with Crippen molar-refractivity contribution in [2.24, 2.45) is 5.92 Å².